The van der Waals surface area contributed by atoms with Crippen LogP contribution < -0.4 is 9.47 Å². The summed E-state index contributed by atoms with van der Waals surface area (Å²) in [6.45, 7) is 0.112. The van der Waals surface area contributed by atoms with Crippen molar-refractivity contribution in [2.45, 2.75) is 6.61 Å². The fourth-order valence-electron chi connectivity index (χ4n) is 2.89. The Morgan fingerprint density at radius 2 is 1.84 bits per heavy atom. The molecule has 156 valence electrons. The Bertz CT molecular complexity index is 1180. The molecule has 0 unspecified atom stereocenters. The van der Waals surface area contributed by atoms with Crippen LogP contribution in [0.1, 0.15) is 27.0 Å². The van der Waals surface area contributed by atoms with Crippen molar-refractivity contribution in [3.63, 3.8) is 0 Å². The van der Waals surface area contributed by atoms with E-state index < -0.39 is 5.97 Å². The Morgan fingerprint density at radius 3 is 2.48 bits per heavy atom. The van der Waals surface area contributed by atoms with Gasteiger partial charge in [0.2, 0.25) is 0 Å². The SMILES string of the molecule is COc1cc(/C=C(/C#N)c2ccc(Cl)cc2)cc(Cl)c1OCc1cccc(C(=O)O)c1. The zero-order chi connectivity index (χ0) is 22.4. The first-order chi connectivity index (χ1) is 14.9. The van der Waals surface area contributed by atoms with Gasteiger partial charge in [0.1, 0.15) is 6.61 Å². The number of carbonyl (C=O) groups is 1. The van der Waals surface area contributed by atoms with E-state index in [4.69, 9.17) is 37.8 Å². The molecule has 0 aromatic heterocycles. The number of rotatable bonds is 7. The molecule has 3 aromatic rings. The summed E-state index contributed by atoms with van der Waals surface area (Å²) < 4.78 is 11.2. The second-order valence-corrected chi connectivity index (χ2v) is 7.35. The number of methoxy groups -OCH3 is 1. The lowest BCUT2D eigenvalue weighted by atomic mass is 10.0. The van der Waals surface area contributed by atoms with Crippen molar-refractivity contribution in [3.8, 4) is 17.6 Å². The zero-order valence-electron chi connectivity index (χ0n) is 16.4. The normalized spacial score (nSPS) is 11.0. The number of carboxylic acid groups (broad SMARTS) is 1. The molecule has 0 heterocycles. The van der Waals surface area contributed by atoms with E-state index in [-0.39, 0.29) is 12.2 Å². The summed E-state index contributed by atoms with van der Waals surface area (Å²) in [5.41, 5.74) is 2.67. The van der Waals surface area contributed by atoms with E-state index in [9.17, 15) is 10.1 Å². The van der Waals surface area contributed by atoms with Crippen molar-refractivity contribution < 1.29 is 19.4 Å². The fraction of sp³-hybridized carbons (Fsp3) is 0.0833. The van der Waals surface area contributed by atoms with Gasteiger partial charge in [-0.05, 0) is 59.2 Å². The number of nitriles is 1. The van der Waals surface area contributed by atoms with Crippen LogP contribution in [0.2, 0.25) is 10.0 Å². The number of benzene rings is 3. The van der Waals surface area contributed by atoms with E-state index in [2.05, 4.69) is 6.07 Å². The molecule has 0 saturated heterocycles. The van der Waals surface area contributed by atoms with Gasteiger partial charge in [0, 0.05) is 5.02 Å². The number of hydrogen-bond acceptors (Lipinski definition) is 4. The van der Waals surface area contributed by atoms with Gasteiger partial charge in [-0.15, -0.1) is 0 Å². The molecule has 1 N–H and O–H groups in total. The predicted molar refractivity (Wildman–Crippen MR) is 121 cm³/mol. The van der Waals surface area contributed by atoms with Gasteiger partial charge in [0.15, 0.2) is 11.5 Å². The number of ether oxygens (including phenoxy) is 2. The topological polar surface area (TPSA) is 79.5 Å². The van der Waals surface area contributed by atoms with Crippen LogP contribution in [0.5, 0.6) is 11.5 Å². The van der Waals surface area contributed by atoms with Crippen molar-refractivity contribution in [2.24, 2.45) is 0 Å². The molecular weight excluding hydrogens is 437 g/mol. The number of halogens is 2. The van der Waals surface area contributed by atoms with Crippen LogP contribution in [0.25, 0.3) is 11.6 Å². The zero-order valence-corrected chi connectivity index (χ0v) is 17.9. The summed E-state index contributed by atoms with van der Waals surface area (Å²) in [6.07, 6.45) is 1.69. The van der Waals surface area contributed by atoms with Gasteiger partial charge in [-0.2, -0.15) is 5.26 Å². The average Bonchev–Trinajstić information content (AvgIpc) is 2.77. The van der Waals surface area contributed by atoms with E-state index in [1.54, 1.807) is 54.6 Å². The molecule has 0 fully saturated rings. The Morgan fingerprint density at radius 1 is 1.10 bits per heavy atom. The first-order valence-corrected chi connectivity index (χ1v) is 9.87. The molecule has 0 spiro atoms. The van der Waals surface area contributed by atoms with Crippen molar-refractivity contribution in [2.75, 3.05) is 7.11 Å². The molecule has 3 rings (SSSR count). The van der Waals surface area contributed by atoms with Crippen LogP contribution in [0, 0.1) is 11.3 Å². The monoisotopic (exact) mass is 453 g/mol. The Kier molecular flexibility index (Phi) is 7.19. The maximum Gasteiger partial charge on any atom is 0.335 e. The minimum Gasteiger partial charge on any atom is -0.493 e. The van der Waals surface area contributed by atoms with E-state index in [0.29, 0.717) is 38.2 Å². The fourth-order valence-corrected chi connectivity index (χ4v) is 3.29. The lowest BCUT2D eigenvalue weighted by Crippen LogP contribution is -2.01. The molecule has 31 heavy (non-hydrogen) atoms. The van der Waals surface area contributed by atoms with Gasteiger partial charge in [0.05, 0.1) is 29.3 Å². The summed E-state index contributed by atoms with van der Waals surface area (Å²) in [5, 5.41) is 19.6. The van der Waals surface area contributed by atoms with Crippen molar-refractivity contribution in [3.05, 3.63) is 93.0 Å². The molecule has 0 radical (unpaired) electrons. The van der Waals surface area contributed by atoms with Gasteiger partial charge in [-0.25, -0.2) is 4.79 Å². The Hall–Kier alpha value is -3.46. The minimum atomic E-state index is -1.01. The predicted octanol–water partition coefficient (Wildman–Crippen LogP) is 6.34. The third-order valence-corrected chi connectivity index (χ3v) is 4.93. The highest BCUT2D eigenvalue weighted by atomic mass is 35.5. The number of aromatic carboxylic acids is 1. The van der Waals surface area contributed by atoms with Crippen molar-refractivity contribution in [1.82, 2.24) is 0 Å². The lowest BCUT2D eigenvalue weighted by Gasteiger charge is -2.14. The lowest BCUT2D eigenvalue weighted by molar-refractivity contribution is 0.0696. The highest BCUT2D eigenvalue weighted by Crippen LogP contribution is 2.38. The molecule has 5 nitrogen and oxygen atoms in total. The molecule has 0 aliphatic carbocycles. The van der Waals surface area contributed by atoms with Gasteiger partial charge in [0.25, 0.3) is 0 Å². The molecule has 0 aliphatic heterocycles. The minimum absolute atomic E-state index is 0.112. The van der Waals surface area contributed by atoms with E-state index in [1.807, 2.05) is 0 Å². The third-order valence-electron chi connectivity index (χ3n) is 4.40. The molecule has 0 saturated carbocycles. The van der Waals surface area contributed by atoms with Crippen LogP contribution in [-0.4, -0.2) is 18.2 Å². The molecule has 0 amide bonds. The summed E-state index contributed by atoms with van der Waals surface area (Å²) in [6, 6.07) is 19.0. The Labute approximate surface area is 189 Å². The van der Waals surface area contributed by atoms with Crippen LogP contribution in [0.4, 0.5) is 0 Å². The molecule has 0 bridgehead atoms. The number of carboxylic acids is 1. The van der Waals surface area contributed by atoms with Gasteiger partial charge >= 0.3 is 5.97 Å². The largest absolute Gasteiger partial charge is 0.493 e. The standard InChI is InChI=1S/C24H17Cl2NO4/c1-30-22-12-16(10-19(13-27)17-5-7-20(25)8-6-17)11-21(26)23(22)31-14-15-3-2-4-18(9-15)24(28)29/h2-12H,14H2,1H3,(H,28,29)/b19-10-. The second kappa shape index (κ2) is 10.0. The van der Waals surface area contributed by atoms with E-state index >= 15 is 0 Å². The smallest absolute Gasteiger partial charge is 0.335 e. The maximum absolute atomic E-state index is 11.1. The molecule has 7 heteroatoms. The van der Waals surface area contributed by atoms with Crippen LogP contribution in [0.15, 0.2) is 60.7 Å². The highest BCUT2D eigenvalue weighted by Gasteiger charge is 2.13. The summed E-state index contributed by atoms with van der Waals surface area (Å²) >= 11 is 12.3. The van der Waals surface area contributed by atoms with Crippen LogP contribution in [-0.2, 0) is 6.61 Å². The number of hydrogen-bond donors (Lipinski definition) is 1. The number of allylic oxidation sites excluding steroid dienone is 1. The molecule has 3 aromatic carbocycles. The van der Waals surface area contributed by atoms with Crippen molar-refractivity contribution >= 4 is 40.8 Å². The highest BCUT2D eigenvalue weighted by molar-refractivity contribution is 6.32. The average molecular weight is 454 g/mol. The first-order valence-electron chi connectivity index (χ1n) is 9.11. The molecular formula is C24H17Cl2NO4. The van der Waals surface area contributed by atoms with Gasteiger partial charge in [-0.1, -0.05) is 47.5 Å². The first kappa shape index (κ1) is 22.2. The quantitative estimate of drug-likeness (QED) is 0.333. The second-order valence-electron chi connectivity index (χ2n) is 6.51. The summed E-state index contributed by atoms with van der Waals surface area (Å²) in [5.74, 6) is -0.295. The third kappa shape index (κ3) is 5.58. The van der Waals surface area contributed by atoms with Crippen LogP contribution >= 0.6 is 23.2 Å². The summed E-state index contributed by atoms with van der Waals surface area (Å²) in [4.78, 5) is 11.1. The van der Waals surface area contributed by atoms with Crippen LogP contribution in [0.3, 0.4) is 0 Å². The Balaban J connectivity index is 1.88. The van der Waals surface area contributed by atoms with Gasteiger partial charge in [-0.3, -0.25) is 0 Å². The van der Waals surface area contributed by atoms with E-state index in [0.717, 1.165) is 5.56 Å². The van der Waals surface area contributed by atoms with Crippen molar-refractivity contribution in [1.29, 1.82) is 5.26 Å². The van der Waals surface area contributed by atoms with E-state index in [1.165, 1.54) is 19.2 Å². The number of nitrogens with zero attached hydrogens (tertiary/aromatic N) is 1. The van der Waals surface area contributed by atoms with Gasteiger partial charge < -0.3 is 14.6 Å². The maximum atomic E-state index is 11.1. The molecule has 0 atom stereocenters. The molecule has 0 aliphatic rings. The summed E-state index contributed by atoms with van der Waals surface area (Å²) in [7, 11) is 1.49.